The van der Waals surface area contributed by atoms with Crippen molar-refractivity contribution in [2.75, 3.05) is 36.9 Å². The molecule has 2 saturated heterocycles. The molecule has 2 aliphatic rings. The minimum absolute atomic E-state index is 0.00388. The van der Waals surface area contributed by atoms with Crippen LogP contribution in [-0.2, 0) is 4.84 Å². The third-order valence-corrected chi connectivity index (χ3v) is 5.49. The van der Waals surface area contributed by atoms with Crippen LogP contribution in [0.3, 0.4) is 0 Å². The van der Waals surface area contributed by atoms with Gasteiger partial charge in [-0.25, -0.2) is 9.78 Å². The first-order valence-corrected chi connectivity index (χ1v) is 10.8. The summed E-state index contributed by atoms with van der Waals surface area (Å²) < 4.78 is 5.85. The van der Waals surface area contributed by atoms with Crippen LogP contribution < -0.4 is 26.2 Å². The van der Waals surface area contributed by atoms with E-state index in [9.17, 15) is 4.79 Å². The van der Waals surface area contributed by atoms with Gasteiger partial charge in [0.1, 0.15) is 24.0 Å². The Kier molecular flexibility index (Phi) is 6.86. The fourth-order valence-electron chi connectivity index (χ4n) is 3.80. The lowest BCUT2D eigenvalue weighted by Gasteiger charge is -2.18. The molecule has 2 atom stereocenters. The van der Waals surface area contributed by atoms with Crippen molar-refractivity contribution in [2.45, 2.75) is 38.6 Å². The number of nitrogens with two attached hydrogens (primary N) is 1. The minimum Gasteiger partial charge on any atom is -0.494 e. The van der Waals surface area contributed by atoms with Gasteiger partial charge in [-0.2, -0.15) is 5.48 Å². The van der Waals surface area contributed by atoms with Gasteiger partial charge in [0.15, 0.2) is 0 Å². The highest BCUT2D eigenvalue weighted by molar-refractivity contribution is 5.94. The van der Waals surface area contributed by atoms with Gasteiger partial charge in [0, 0.05) is 31.9 Å². The molecular weight excluding hydrogens is 396 g/mol. The molecule has 1 unspecified atom stereocenters. The predicted octanol–water partition coefficient (Wildman–Crippen LogP) is 2.62. The smallest absolute Gasteiger partial charge is 0.324 e. The molecule has 0 spiro atoms. The van der Waals surface area contributed by atoms with Crippen molar-refractivity contribution in [3.05, 3.63) is 48.2 Å². The maximum atomic E-state index is 12.6. The summed E-state index contributed by atoms with van der Waals surface area (Å²) in [4.78, 5) is 25.6. The van der Waals surface area contributed by atoms with Crippen LogP contribution in [0.4, 0.5) is 16.3 Å². The molecule has 1 aromatic carbocycles. The van der Waals surface area contributed by atoms with E-state index in [1.54, 1.807) is 17.2 Å². The fourth-order valence-corrected chi connectivity index (χ4v) is 3.80. The Labute approximate surface area is 182 Å². The lowest BCUT2D eigenvalue weighted by Crippen LogP contribution is -2.32. The first kappa shape index (κ1) is 21.4. The number of anilines is 2. The number of nitrogens with zero attached hydrogens (tertiary/aromatic N) is 3. The van der Waals surface area contributed by atoms with E-state index in [4.69, 9.17) is 15.3 Å². The van der Waals surface area contributed by atoms with E-state index in [1.165, 1.54) is 0 Å². The predicted molar refractivity (Wildman–Crippen MR) is 118 cm³/mol. The fraction of sp³-hybridized carbons (Fsp3) is 0.455. The summed E-state index contributed by atoms with van der Waals surface area (Å²) >= 11 is 0. The van der Waals surface area contributed by atoms with Gasteiger partial charge in [0.05, 0.1) is 12.3 Å². The number of carbonyl (C=O) groups is 1. The van der Waals surface area contributed by atoms with Crippen LogP contribution in [0, 0.1) is 0 Å². The molecule has 9 nitrogen and oxygen atoms in total. The van der Waals surface area contributed by atoms with Crippen molar-refractivity contribution in [1.29, 1.82) is 0 Å². The molecule has 3 heterocycles. The molecule has 4 rings (SSSR count). The molecule has 4 N–H and O–H groups in total. The molecule has 9 heteroatoms. The van der Waals surface area contributed by atoms with Gasteiger partial charge in [-0.05, 0) is 49.9 Å². The summed E-state index contributed by atoms with van der Waals surface area (Å²) in [7, 11) is 0. The van der Waals surface area contributed by atoms with Crippen LogP contribution in [0.5, 0.6) is 5.75 Å². The summed E-state index contributed by atoms with van der Waals surface area (Å²) in [6.45, 7) is 4.79. The molecule has 31 heavy (non-hydrogen) atoms. The number of hydrogen-bond donors (Lipinski definition) is 3. The lowest BCUT2D eigenvalue weighted by atomic mass is 10.1. The van der Waals surface area contributed by atoms with Gasteiger partial charge in [-0.3, -0.25) is 15.1 Å². The number of benzene rings is 1. The van der Waals surface area contributed by atoms with Crippen LogP contribution in [0.15, 0.2) is 42.6 Å². The van der Waals surface area contributed by atoms with Crippen LogP contribution in [-0.4, -0.2) is 48.4 Å². The zero-order valence-electron chi connectivity index (χ0n) is 17.8. The highest BCUT2D eigenvalue weighted by atomic mass is 16.7. The van der Waals surface area contributed by atoms with E-state index in [2.05, 4.69) is 15.8 Å². The van der Waals surface area contributed by atoms with E-state index in [1.807, 2.05) is 42.2 Å². The number of aromatic nitrogens is 1. The van der Waals surface area contributed by atoms with E-state index >= 15 is 0 Å². The lowest BCUT2D eigenvalue weighted by molar-refractivity contribution is 0.0329. The average Bonchev–Trinajstić information content (AvgIpc) is 3.37. The first-order valence-electron chi connectivity index (χ1n) is 10.8. The Balaban J connectivity index is 1.12. The number of urea groups is 1. The van der Waals surface area contributed by atoms with Gasteiger partial charge < -0.3 is 15.4 Å². The van der Waals surface area contributed by atoms with E-state index < -0.39 is 0 Å². The van der Waals surface area contributed by atoms with Crippen molar-refractivity contribution in [3.63, 3.8) is 0 Å². The highest BCUT2D eigenvalue weighted by Crippen LogP contribution is 2.22. The molecule has 1 aromatic heterocycles. The second-order valence-electron chi connectivity index (χ2n) is 7.82. The van der Waals surface area contributed by atoms with Crippen LogP contribution >= 0.6 is 0 Å². The maximum absolute atomic E-state index is 12.6. The Bertz CT molecular complexity index is 878. The SMILES string of the molecule is C[C@@H]1NC(c2ccc(OCCCCCN3CCN(c4ccnc(N)c4)C3=O)cc2)NO1. The second kappa shape index (κ2) is 9.95. The molecule has 2 aliphatic heterocycles. The second-order valence-corrected chi connectivity index (χ2v) is 7.82. The molecule has 2 fully saturated rings. The highest BCUT2D eigenvalue weighted by Gasteiger charge is 2.29. The zero-order valence-corrected chi connectivity index (χ0v) is 17.8. The minimum atomic E-state index is -0.00529. The van der Waals surface area contributed by atoms with E-state index in [0.29, 0.717) is 19.0 Å². The van der Waals surface area contributed by atoms with Gasteiger partial charge in [-0.15, -0.1) is 0 Å². The largest absolute Gasteiger partial charge is 0.494 e. The standard InChI is InChI=1S/C22H30N6O3/c1-16-25-21(26-31-16)17-5-7-19(8-6-17)30-14-4-2-3-11-27-12-13-28(22(27)29)18-9-10-24-20(23)15-18/h5-10,15-16,21,25-26H,2-4,11-14H2,1H3,(H2,23,24)/t16-,21?/m1/s1. The van der Waals surface area contributed by atoms with Crippen LogP contribution in [0.1, 0.15) is 37.9 Å². The number of ether oxygens (including phenoxy) is 1. The van der Waals surface area contributed by atoms with Crippen LogP contribution in [0.25, 0.3) is 0 Å². The normalized spacial score (nSPS) is 21.1. The van der Waals surface area contributed by atoms with Crippen LogP contribution in [0.2, 0.25) is 0 Å². The van der Waals surface area contributed by atoms with Gasteiger partial charge in [-0.1, -0.05) is 12.1 Å². The van der Waals surface area contributed by atoms with E-state index in [0.717, 1.165) is 49.4 Å². The number of nitrogen functional groups attached to an aromatic ring is 1. The number of unbranched alkanes of at least 4 members (excludes halogenated alkanes) is 2. The summed E-state index contributed by atoms with van der Waals surface area (Å²) in [5.41, 5.74) is 10.6. The number of hydroxylamine groups is 1. The summed E-state index contributed by atoms with van der Waals surface area (Å²) in [6.07, 6.45) is 4.54. The number of rotatable bonds is 9. The van der Waals surface area contributed by atoms with Gasteiger partial charge in [0.2, 0.25) is 0 Å². The number of nitrogens with one attached hydrogen (secondary N) is 2. The van der Waals surface area contributed by atoms with Crippen molar-refractivity contribution < 1.29 is 14.4 Å². The molecule has 166 valence electrons. The topological polar surface area (TPSA) is 105 Å². The monoisotopic (exact) mass is 426 g/mol. The number of pyridine rings is 1. The summed E-state index contributed by atoms with van der Waals surface area (Å²) in [5, 5.41) is 3.28. The van der Waals surface area contributed by atoms with Crippen molar-refractivity contribution in [1.82, 2.24) is 20.7 Å². The van der Waals surface area contributed by atoms with Crippen molar-refractivity contribution in [3.8, 4) is 5.75 Å². The summed E-state index contributed by atoms with van der Waals surface area (Å²) in [6, 6.07) is 11.6. The Hall–Kier alpha value is -2.88. The molecule has 2 amide bonds. The third-order valence-electron chi connectivity index (χ3n) is 5.49. The Morgan fingerprint density at radius 2 is 2.03 bits per heavy atom. The maximum Gasteiger partial charge on any atom is 0.324 e. The number of hydrogen-bond acceptors (Lipinski definition) is 7. The summed E-state index contributed by atoms with van der Waals surface area (Å²) in [5.74, 6) is 1.28. The van der Waals surface area contributed by atoms with Crippen molar-refractivity contribution >= 4 is 17.5 Å². The quantitative estimate of drug-likeness (QED) is 0.530. The number of carbonyl (C=O) groups excluding carboxylic acids is 1. The molecular formula is C22H30N6O3. The van der Waals surface area contributed by atoms with Gasteiger partial charge in [0.25, 0.3) is 0 Å². The molecule has 2 aromatic rings. The first-order chi connectivity index (χ1) is 15.1. The third kappa shape index (κ3) is 5.43. The molecule has 0 radical (unpaired) electrons. The van der Waals surface area contributed by atoms with Crippen molar-refractivity contribution in [2.24, 2.45) is 0 Å². The Morgan fingerprint density at radius 3 is 2.77 bits per heavy atom. The number of amides is 2. The molecule has 0 saturated carbocycles. The Morgan fingerprint density at radius 1 is 1.19 bits per heavy atom. The van der Waals surface area contributed by atoms with E-state index in [-0.39, 0.29) is 18.4 Å². The zero-order chi connectivity index (χ0) is 21.6. The molecule has 0 aliphatic carbocycles. The average molecular weight is 427 g/mol. The molecule has 0 bridgehead atoms. The van der Waals surface area contributed by atoms with Gasteiger partial charge >= 0.3 is 6.03 Å².